The van der Waals surface area contributed by atoms with Crippen LogP contribution in [0.15, 0.2) is 29.3 Å². The lowest BCUT2D eigenvalue weighted by Crippen LogP contribution is -2.51. The molecule has 3 N–H and O–H groups in total. The Bertz CT molecular complexity index is 523. The van der Waals surface area contributed by atoms with Crippen LogP contribution < -0.4 is 16.0 Å². The van der Waals surface area contributed by atoms with Crippen LogP contribution >= 0.6 is 24.0 Å². The Kier molecular flexibility index (Phi) is 8.98. The molecule has 1 heterocycles. The van der Waals surface area contributed by atoms with Gasteiger partial charge < -0.3 is 16.0 Å². The fourth-order valence-electron chi connectivity index (χ4n) is 2.59. The van der Waals surface area contributed by atoms with Crippen LogP contribution in [0.2, 0.25) is 0 Å². The molecular weight excluding hydrogens is 403 g/mol. The van der Waals surface area contributed by atoms with E-state index in [1.54, 1.807) is 0 Å². The van der Waals surface area contributed by atoms with Crippen molar-refractivity contribution in [3.05, 3.63) is 35.4 Å². The molecule has 1 fully saturated rings. The summed E-state index contributed by atoms with van der Waals surface area (Å²) in [6, 6.07) is 8.66. The predicted octanol–water partition coefficient (Wildman–Crippen LogP) is 2.20. The second kappa shape index (κ2) is 10.5. The van der Waals surface area contributed by atoms with E-state index in [1.165, 1.54) is 11.1 Å². The van der Waals surface area contributed by atoms with Gasteiger partial charge in [0.15, 0.2) is 5.96 Å². The third-order valence-electron chi connectivity index (χ3n) is 3.86. The first-order valence-corrected chi connectivity index (χ1v) is 8.11. The van der Waals surface area contributed by atoms with E-state index >= 15 is 0 Å². The standard InChI is InChI=1S/C17H26N4O.HI/c1-3-13-7-5-6-8-14(13)11-20-17(18-4-2)21-15-9-10-16(22)19-12-15;/h5-8,15H,3-4,9-12H2,1-2H3,(H,19,22)(H2,18,20,21);1H. The molecule has 6 heteroatoms. The monoisotopic (exact) mass is 430 g/mol. The molecule has 0 bridgehead atoms. The van der Waals surface area contributed by atoms with E-state index in [0.29, 0.717) is 19.5 Å². The molecule has 23 heavy (non-hydrogen) atoms. The number of hydrogen-bond donors (Lipinski definition) is 3. The number of hydrogen-bond acceptors (Lipinski definition) is 2. The Morgan fingerprint density at radius 3 is 2.65 bits per heavy atom. The van der Waals surface area contributed by atoms with Gasteiger partial charge in [-0.2, -0.15) is 0 Å². The molecule has 1 atom stereocenters. The quantitative estimate of drug-likeness (QED) is 0.381. The summed E-state index contributed by atoms with van der Waals surface area (Å²) in [5.41, 5.74) is 2.60. The van der Waals surface area contributed by atoms with Crippen LogP contribution in [0.1, 0.15) is 37.8 Å². The molecule has 2 rings (SSSR count). The normalized spacial score (nSPS) is 17.9. The Labute approximate surface area is 155 Å². The topological polar surface area (TPSA) is 65.5 Å². The molecule has 1 aromatic carbocycles. The summed E-state index contributed by atoms with van der Waals surface area (Å²) in [6.45, 7) is 6.37. The zero-order chi connectivity index (χ0) is 15.8. The number of benzene rings is 1. The first-order valence-electron chi connectivity index (χ1n) is 8.11. The molecule has 1 saturated heterocycles. The third kappa shape index (κ3) is 6.37. The Morgan fingerprint density at radius 1 is 1.30 bits per heavy atom. The van der Waals surface area contributed by atoms with Crippen molar-refractivity contribution in [2.24, 2.45) is 4.99 Å². The van der Waals surface area contributed by atoms with E-state index < -0.39 is 0 Å². The lowest BCUT2D eigenvalue weighted by atomic mass is 10.1. The molecule has 128 valence electrons. The van der Waals surface area contributed by atoms with Crippen LogP contribution in [0, 0.1) is 0 Å². The number of guanidine groups is 1. The molecule has 5 nitrogen and oxygen atoms in total. The lowest BCUT2D eigenvalue weighted by molar-refractivity contribution is -0.122. The lowest BCUT2D eigenvalue weighted by Gasteiger charge is -2.25. The average Bonchev–Trinajstić information content (AvgIpc) is 2.55. The maximum Gasteiger partial charge on any atom is 0.220 e. The molecule has 0 saturated carbocycles. The highest BCUT2D eigenvalue weighted by Crippen LogP contribution is 2.10. The number of nitrogens with one attached hydrogen (secondary N) is 3. The van der Waals surface area contributed by atoms with Gasteiger partial charge >= 0.3 is 0 Å². The third-order valence-corrected chi connectivity index (χ3v) is 3.86. The molecule has 1 amide bonds. The molecule has 1 aliphatic heterocycles. The molecule has 0 aliphatic carbocycles. The van der Waals surface area contributed by atoms with Gasteiger partial charge in [-0.05, 0) is 30.9 Å². The van der Waals surface area contributed by atoms with Gasteiger partial charge in [0.2, 0.25) is 5.91 Å². The number of rotatable bonds is 5. The summed E-state index contributed by atoms with van der Waals surface area (Å²) >= 11 is 0. The molecule has 0 aromatic heterocycles. The van der Waals surface area contributed by atoms with E-state index in [4.69, 9.17) is 0 Å². The maximum absolute atomic E-state index is 11.2. The summed E-state index contributed by atoms with van der Waals surface area (Å²) in [4.78, 5) is 15.9. The van der Waals surface area contributed by atoms with Crippen molar-refractivity contribution in [2.75, 3.05) is 13.1 Å². The molecule has 1 aromatic rings. The summed E-state index contributed by atoms with van der Waals surface area (Å²) in [5.74, 6) is 0.950. The second-order valence-corrected chi connectivity index (χ2v) is 5.50. The highest BCUT2D eigenvalue weighted by molar-refractivity contribution is 14.0. The Balaban J connectivity index is 0.00000264. The fraction of sp³-hybridized carbons (Fsp3) is 0.529. The van der Waals surface area contributed by atoms with Gasteiger partial charge in [0, 0.05) is 25.6 Å². The largest absolute Gasteiger partial charge is 0.357 e. The van der Waals surface area contributed by atoms with E-state index in [0.717, 1.165) is 25.3 Å². The van der Waals surface area contributed by atoms with Gasteiger partial charge in [-0.15, -0.1) is 24.0 Å². The molecular formula is C17H27IN4O. The Morgan fingerprint density at radius 2 is 2.04 bits per heavy atom. The number of carbonyl (C=O) groups is 1. The second-order valence-electron chi connectivity index (χ2n) is 5.50. The minimum atomic E-state index is 0. The first kappa shape index (κ1) is 19.7. The first-order chi connectivity index (χ1) is 10.7. The van der Waals surface area contributed by atoms with Gasteiger partial charge in [0.1, 0.15) is 0 Å². The SMILES string of the molecule is CCNC(=NCc1ccccc1CC)NC1CCC(=O)NC1.I. The number of carbonyl (C=O) groups excluding carboxylic acids is 1. The Hall–Kier alpha value is -1.31. The molecule has 0 radical (unpaired) electrons. The van der Waals surface area contributed by atoms with Gasteiger partial charge in [-0.1, -0.05) is 31.2 Å². The zero-order valence-electron chi connectivity index (χ0n) is 13.9. The predicted molar refractivity (Wildman–Crippen MR) is 105 cm³/mol. The number of halogens is 1. The summed E-state index contributed by atoms with van der Waals surface area (Å²) in [7, 11) is 0. The van der Waals surface area contributed by atoms with Crippen LogP contribution in [-0.4, -0.2) is 31.0 Å². The van der Waals surface area contributed by atoms with Crippen molar-refractivity contribution in [1.82, 2.24) is 16.0 Å². The molecule has 0 spiro atoms. The van der Waals surface area contributed by atoms with Crippen molar-refractivity contribution in [1.29, 1.82) is 0 Å². The average molecular weight is 430 g/mol. The van der Waals surface area contributed by atoms with E-state index in [1.807, 2.05) is 0 Å². The van der Waals surface area contributed by atoms with E-state index in [9.17, 15) is 4.79 Å². The maximum atomic E-state index is 11.2. The van der Waals surface area contributed by atoms with Crippen LogP contribution in [-0.2, 0) is 17.8 Å². The summed E-state index contributed by atoms with van der Waals surface area (Å²) in [6.07, 6.45) is 2.45. The van der Waals surface area contributed by atoms with Crippen molar-refractivity contribution in [3.63, 3.8) is 0 Å². The van der Waals surface area contributed by atoms with Gasteiger partial charge in [-0.25, -0.2) is 4.99 Å². The zero-order valence-corrected chi connectivity index (χ0v) is 16.2. The number of aryl methyl sites for hydroxylation is 1. The van der Waals surface area contributed by atoms with Crippen LogP contribution in [0.3, 0.4) is 0 Å². The van der Waals surface area contributed by atoms with Crippen molar-refractivity contribution in [3.8, 4) is 0 Å². The van der Waals surface area contributed by atoms with Gasteiger partial charge in [0.05, 0.1) is 6.54 Å². The number of piperidine rings is 1. The van der Waals surface area contributed by atoms with Crippen LogP contribution in [0.5, 0.6) is 0 Å². The van der Waals surface area contributed by atoms with Gasteiger partial charge in [-0.3, -0.25) is 4.79 Å². The van der Waals surface area contributed by atoms with Crippen molar-refractivity contribution in [2.45, 2.75) is 45.7 Å². The molecule has 1 unspecified atom stereocenters. The number of nitrogens with zero attached hydrogens (tertiary/aromatic N) is 1. The number of amides is 1. The minimum Gasteiger partial charge on any atom is -0.357 e. The highest BCUT2D eigenvalue weighted by atomic mass is 127. The van der Waals surface area contributed by atoms with Crippen molar-refractivity contribution < 1.29 is 4.79 Å². The number of aliphatic imine (C=N–C) groups is 1. The summed E-state index contributed by atoms with van der Waals surface area (Å²) < 4.78 is 0. The minimum absolute atomic E-state index is 0. The highest BCUT2D eigenvalue weighted by Gasteiger charge is 2.18. The van der Waals surface area contributed by atoms with Crippen LogP contribution in [0.25, 0.3) is 0 Å². The van der Waals surface area contributed by atoms with E-state index in [-0.39, 0.29) is 35.9 Å². The van der Waals surface area contributed by atoms with Crippen molar-refractivity contribution >= 4 is 35.8 Å². The molecule has 1 aliphatic rings. The fourth-order valence-corrected chi connectivity index (χ4v) is 2.59. The van der Waals surface area contributed by atoms with Crippen LogP contribution in [0.4, 0.5) is 0 Å². The van der Waals surface area contributed by atoms with E-state index in [2.05, 4.69) is 59.1 Å². The summed E-state index contributed by atoms with van der Waals surface area (Å²) in [5, 5.41) is 9.57. The smallest absolute Gasteiger partial charge is 0.220 e. The van der Waals surface area contributed by atoms with Gasteiger partial charge in [0.25, 0.3) is 0 Å².